The predicted octanol–water partition coefficient (Wildman–Crippen LogP) is 2.61. The smallest absolute Gasteiger partial charge is 0.223 e. The maximum absolute atomic E-state index is 11.9. The summed E-state index contributed by atoms with van der Waals surface area (Å²) in [6, 6.07) is 3.82. The maximum Gasteiger partial charge on any atom is 0.223 e. The summed E-state index contributed by atoms with van der Waals surface area (Å²) in [5.41, 5.74) is 5.69. The molecule has 1 rings (SSSR count). The Kier molecular flexibility index (Phi) is 5.92. The highest BCUT2D eigenvalue weighted by Crippen LogP contribution is 2.15. The third-order valence-corrected chi connectivity index (χ3v) is 3.07. The van der Waals surface area contributed by atoms with Crippen molar-refractivity contribution in [2.75, 3.05) is 0 Å². The van der Waals surface area contributed by atoms with Crippen LogP contribution in [0.25, 0.3) is 0 Å². The van der Waals surface area contributed by atoms with Gasteiger partial charge in [0, 0.05) is 12.0 Å². The second-order valence-corrected chi connectivity index (χ2v) is 5.05. The van der Waals surface area contributed by atoms with E-state index in [1.54, 1.807) is 6.26 Å². The number of hydrogen-bond acceptors (Lipinski definition) is 3. The lowest BCUT2D eigenvalue weighted by Gasteiger charge is -2.16. The van der Waals surface area contributed by atoms with Crippen LogP contribution < -0.4 is 11.1 Å². The van der Waals surface area contributed by atoms with Crippen LogP contribution >= 0.6 is 0 Å². The van der Waals surface area contributed by atoms with Crippen LogP contribution in [0.3, 0.4) is 0 Å². The Morgan fingerprint density at radius 2 is 2.11 bits per heavy atom. The average Bonchev–Trinajstić information content (AvgIpc) is 2.81. The van der Waals surface area contributed by atoms with Crippen LogP contribution in [-0.2, 0) is 4.79 Å². The van der Waals surface area contributed by atoms with Crippen molar-refractivity contribution in [3.63, 3.8) is 0 Å². The SMILES string of the molecule is CC(N)CCCC(C)C(=O)NC(C)c1ccco1. The van der Waals surface area contributed by atoms with Crippen LogP contribution in [0, 0.1) is 5.92 Å². The van der Waals surface area contributed by atoms with Gasteiger partial charge in [-0.15, -0.1) is 0 Å². The summed E-state index contributed by atoms with van der Waals surface area (Å²) in [7, 11) is 0. The standard InChI is InChI=1S/C14H24N2O2/c1-10(6-4-7-11(2)15)14(17)16-12(3)13-8-5-9-18-13/h5,8-12H,4,6-7,15H2,1-3H3,(H,16,17). The zero-order valence-corrected chi connectivity index (χ0v) is 11.5. The highest BCUT2D eigenvalue weighted by atomic mass is 16.3. The van der Waals surface area contributed by atoms with Gasteiger partial charge in [-0.05, 0) is 38.8 Å². The first-order valence-electron chi connectivity index (χ1n) is 6.60. The van der Waals surface area contributed by atoms with E-state index >= 15 is 0 Å². The van der Waals surface area contributed by atoms with E-state index < -0.39 is 0 Å². The first-order valence-corrected chi connectivity index (χ1v) is 6.60. The van der Waals surface area contributed by atoms with Gasteiger partial charge < -0.3 is 15.5 Å². The molecule has 4 nitrogen and oxygen atoms in total. The van der Waals surface area contributed by atoms with Crippen molar-refractivity contribution in [2.45, 2.75) is 52.1 Å². The fraction of sp³-hybridized carbons (Fsp3) is 0.643. The normalized spacial score (nSPS) is 16.0. The quantitative estimate of drug-likeness (QED) is 0.783. The molecule has 0 saturated heterocycles. The number of carbonyl (C=O) groups is 1. The lowest BCUT2D eigenvalue weighted by Crippen LogP contribution is -2.31. The molecule has 0 aliphatic heterocycles. The van der Waals surface area contributed by atoms with E-state index in [0.717, 1.165) is 25.0 Å². The van der Waals surface area contributed by atoms with E-state index in [0.29, 0.717) is 0 Å². The van der Waals surface area contributed by atoms with Crippen LogP contribution in [0.2, 0.25) is 0 Å². The van der Waals surface area contributed by atoms with Crippen LogP contribution in [0.5, 0.6) is 0 Å². The third kappa shape index (κ3) is 4.92. The van der Waals surface area contributed by atoms with E-state index in [-0.39, 0.29) is 23.9 Å². The molecule has 0 aromatic carbocycles. The minimum absolute atomic E-state index is 0.0150. The minimum Gasteiger partial charge on any atom is -0.467 e. The Bertz CT molecular complexity index is 347. The molecule has 102 valence electrons. The van der Waals surface area contributed by atoms with Gasteiger partial charge in [-0.25, -0.2) is 0 Å². The number of furan rings is 1. The lowest BCUT2D eigenvalue weighted by molar-refractivity contribution is -0.125. The Balaban J connectivity index is 2.31. The summed E-state index contributed by atoms with van der Waals surface area (Å²) in [6.45, 7) is 5.86. The van der Waals surface area contributed by atoms with E-state index in [1.807, 2.05) is 32.9 Å². The number of nitrogens with one attached hydrogen (secondary N) is 1. The zero-order chi connectivity index (χ0) is 13.5. The second kappa shape index (κ2) is 7.21. The van der Waals surface area contributed by atoms with Gasteiger partial charge in [-0.3, -0.25) is 4.79 Å². The Labute approximate surface area is 109 Å². The fourth-order valence-corrected chi connectivity index (χ4v) is 1.84. The molecule has 0 bridgehead atoms. The molecule has 0 spiro atoms. The van der Waals surface area contributed by atoms with Gasteiger partial charge in [0.05, 0.1) is 12.3 Å². The van der Waals surface area contributed by atoms with Crippen LogP contribution in [0.4, 0.5) is 0 Å². The van der Waals surface area contributed by atoms with E-state index in [2.05, 4.69) is 5.32 Å². The zero-order valence-electron chi connectivity index (χ0n) is 11.5. The average molecular weight is 252 g/mol. The van der Waals surface area contributed by atoms with Gasteiger partial charge in [0.15, 0.2) is 0 Å². The molecule has 3 atom stereocenters. The number of carbonyl (C=O) groups excluding carboxylic acids is 1. The Morgan fingerprint density at radius 3 is 2.67 bits per heavy atom. The number of amides is 1. The van der Waals surface area contributed by atoms with Gasteiger partial charge >= 0.3 is 0 Å². The summed E-state index contributed by atoms with van der Waals surface area (Å²) in [5.74, 6) is 0.871. The topological polar surface area (TPSA) is 68.3 Å². The van der Waals surface area contributed by atoms with E-state index in [9.17, 15) is 4.79 Å². The van der Waals surface area contributed by atoms with Gasteiger partial charge in [0.25, 0.3) is 0 Å². The molecule has 1 aromatic heterocycles. The summed E-state index contributed by atoms with van der Waals surface area (Å²) >= 11 is 0. The monoisotopic (exact) mass is 252 g/mol. The molecule has 0 radical (unpaired) electrons. The Morgan fingerprint density at radius 1 is 1.39 bits per heavy atom. The first-order chi connectivity index (χ1) is 8.50. The predicted molar refractivity (Wildman–Crippen MR) is 71.9 cm³/mol. The van der Waals surface area contributed by atoms with Crippen LogP contribution in [0.15, 0.2) is 22.8 Å². The van der Waals surface area contributed by atoms with Gasteiger partial charge in [-0.2, -0.15) is 0 Å². The van der Waals surface area contributed by atoms with Crippen molar-refractivity contribution in [3.05, 3.63) is 24.2 Å². The molecule has 3 N–H and O–H groups in total. The van der Waals surface area contributed by atoms with Crippen molar-refractivity contribution < 1.29 is 9.21 Å². The molecule has 0 aliphatic rings. The number of rotatable bonds is 7. The molecule has 18 heavy (non-hydrogen) atoms. The summed E-state index contributed by atoms with van der Waals surface area (Å²) in [5, 5.41) is 2.96. The second-order valence-electron chi connectivity index (χ2n) is 5.05. The molecule has 0 aliphatic carbocycles. The summed E-state index contributed by atoms with van der Waals surface area (Å²) in [4.78, 5) is 11.9. The fourth-order valence-electron chi connectivity index (χ4n) is 1.84. The minimum atomic E-state index is -0.0802. The van der Waals surface area contributed by atoms with Crippen molar-refractivity contribution in [2.24, 2.45) is 11.7 Å². The van der Waals surface area contributed by atoms with Crippen molar-refractivity contribution in [1.82, 2.24) is 5.32 Å². The molecule has 0 saturated carbocycles. The molecule has 3 unspecified atom stereocenters. The van der Waals surface area contributed by atoms with Crippen molar-refractivity contribution >= 4 is 5.91 Å². The first kappa shape index (κ1) is 14.8. The molecule has 4 heteroatoms. The van der Waals surface area contributed by atoms with E-state index in [1.165, 1.54) is 0 Å². The van der Waals surface area contributed by atoms with Gasteiger partial charge in [0.1, 0.15) is 5.76 Å². The Hall–Kier alpha value is -1.29. The molecule has 1 heterocycles. The van der Waals surface area contributed by atoms with Crippen LogP contribution in [0.1, 0.15) is 51.8 Å². The van der Waals surface area contributed by atoms with E-state index in [4.69, 9.17) is 10.2 Å². The maximum atomic E-state index is 11.9. The third-order valence-electron chi connectivity index (χ3n) is 3.07. The number of nitrogens with two attached hydrogens (primary N) is 1. The van der Waals surface area contributed by atoms with Gasteiger partial charge in [0.2, 0.25) is 5.91 Å². The van der Waals surface area contributed by atoms with Gasteiger partial charge in [-0.1, -0.05) is 13.3 Å². The largest absolute Gasteiger partial charge is 0.467 e. The molecule has 1 amide bonds. The highest BCUT2D eigenvalue weighted by Gasteiger charge is 2.17. The molecular weight excluding hydrogens is 228 g/mol. The van der Waals surface area contributed by atoms with Crippen LogP contribution in [-0.4, -0.2) is 11.9 Å². The van der Waals surface area contributed by atoms with Crippen molar-refractivity contribution in [1.29, 1.82) is 0 Å². The van der Waals surface area contributed by atoms with Crippen molar-refractivity contribution in [3.8, 4) is 0 Å². The molecular formula is C14H24N2O2. The summed E-state index contributed by atoms with van der Waals surface area (Å²) in [6.07, 6.45) is 4.44. The molecule has 0 fully saturated rings. The summed E-state index contributed by atoms with van der Waals surface area (Å²) < 4.78 is 5.26. The molecule has 1 aromatic rings. The lowest BCUT2D eigenvalue weighted by atomic mass is 10.0. The highest BCUT2D eigenvalue weighted by molar-refractivity contribution is 5.78. The number of hydrogen-bond donors (Lipinski definition) is 2.